The van der Waals surface area contributed by atoms with Gasteiger partial charge in [-0.2, -0.15) is 0 Å². The molecule has 0 bridgehead atoms. The van der Waals surface area contributed by atoms with E-state index >= 15 is 0 Å². The van der Waals surface area contributed by atoms with E-state index in [0.717, 1.165) is 25.8 Å². The van der Waals surface area contributed by atoms with Gasteiger partial charge in [0, 0.05) is 24.7 Å². The molecular formula is C6H12ClMgNO. The van der Waals surface area contributed by atoms with E-state index in [1.54, 1.807) is 0 Å². The van der Waals surface area contributed by atoms with E-state index in [1.165, 1.54) is 4.42 Å². The highest BCUT2D eigenvalue weighted by molar-refractivity contribution is 6.21. The average Bonchev–Trinajstić information content (AvgIpc) is 1.99. The van der Waals surface area contributed by atoms with Crippen molar-refractivity contribution in [3.05, 3.63) is 0 Å². The number of hydrogen-bond acceptors (Lipinski definition) is 1. The molecule has 0 aromatic heterocycles. The minimum Gasteiger partial charge on any atom is -0.274 e. The van der Waals surface area contributed by atoms with Crippen LogP contribution in [0.25, 0.3) is 0 Å². The van der Waals surface area contributed by atoms with Gasteiger partial charge in [0.2, 0.25) is 5.91 Å². The molecule has 1 rings (SSSR count). The molecule has 1 heterocycles. The molecule has 1 aliphatic rings. The lowest BCUT2D eigenvalue weighted by atomic mass is 10.2. The lowest BCUT2D eigenvalue weighted by Gasteiger charge is -2.07. The highest BCUT2D eigenvalue weighted by atomic mass is 35.5. The smallest absolute Gasteiger partial charge is 0.274 e. The number of carbonyl (C=O) groups is 1. The Morgan fingerprint density at radius 2 is 2.00 bits per heavy atom. The Kier molecular flexibility index (Phi) is 5.49. The van der Waals surface area contributed by atoms with Crippen molar-refractivity contribution in [1.29, 1.82) is 0 Å². The number of halogens is 1. The summed E-state index contributed by atoms with van der Waals surface area (Å²) in [6.07, 6.45) is 3.82. The molecule has 0 spiro atoms. The number of carbonyl (C=O) groups excluding carboxylic acids is 1. The summed E-state index contributed by atoms with van der Waals surface area (Å²) in [7, 11) is 0. The zero-order chi connectivity index (χ0) is 6.69. The molecule has 0 saturated carbocycles. The van der Waals surface area contributed by atoms with Gasteiger partial charge in [0.25, 0.3) is 0 Å². The highest BCUT2D eigenvalue weighted by Gasteiger charge is 2.13. The second-order valence-corrected chi connectivity index (χ2v) is 2.70. The van der Waals surface area contributed by atoms with Gasteiger partial charge in [-0.15, -0.1) is 0 Å². The second kappa shape index (κ2) is 5.21. The van der Waals surface area contributed by atoms with E-state index < -0.39 is 0 Å². The lowest BCUT2D eigenvalue weighted by molar-refractivity contribution is -0.126. The van der Waals surface area contributed by atoms with Gasteiger partial charge < -0.3 is 0 Å². The van der Waals surface area contributed by atoms with Gasteiger partial charge in [0.05, 0.1) is 0 Å². The Labute approximate surface area is 82.2 Å². The van der Waals surface area contributed by atoms with E-state index in [2.05, 4.69) is 0 Å². The van der Waals surface area contributed by atoms with Gasteiger partial charge in [0.1, 0.15) is 0 Å². The number of nitrogens with zero attached hydrogens (tertiary/aromatic N) is 1. The molecule has 1 saturated heterocycles. The van der Waals surface area contributed by atoms with Crippen LogP contribution in [-0.2, 0) is 4.79 Å². The van der Waals surface area contributed by atoms with E-state index in [4.69, 9.17) is 11.8 Å². The van der Waals surface area contributed by atoms with E-state index in [-0.39, 0.29) is 29.0 Å². The number of amides is 1. The van der Waals surface area contributed by atoms with Crippen LogP contribution in [0.4, 0.5) is 0 Å². The second-order valence-electron chi connectivity index (χ2n) is 2.29. The van der Waals surface area contributed by atoms with Crippen molar-refractivity contribution in [2.75, 3.05) is 6.54 Å². The van der Waals surface area contributed by atoms with Crippen LogP contribution in [-0.4, -0.2) is 39.9 Å². The molecule has 0 aliphatic carbocycles. The first-order valence-electron chi connectivity index (χ1n) is 3.27. The molecule has 0 radical (unpaired) electrons. The predicted octanol–water partition coefficient (Wildman–Crippen LogP) is 0.627. The van der Waals surface area contributed by atoms with Crippen LogP contribution in [0.15, 0.2) is 0 Å². The van der Waals surface area contributed by atoms with Crippen molar-refractivity contribution in [2.45, 2.75) is 25.7 Å². The molecule has 0 atom stereocenters. The van der Waals surface area contributed by atoms with Crippen LogP contribution < -0.4 is 0 Å². The largest absolute Gasteiger partial charge is 0.316 e. The summed E-state index contributed by atoms with van der Waals surface area (Å²) in [6.45, 7) is 0.723. The highest BCUT2D eigenvalue weighted by Crippen LogP contribution is 2.11. The van der Waals surface area contributed by atoms with Crippen LogP contribution in [0.2, 0.25) is 0 Å². The summed E-state index contributed by atoms with van der Waals surface area (Å²) in [5, 5.41) is 0. The normalized spacial score (nSPS) is 19.7. The topological polar surface area (TPSA) is 20.3 Å². The SMILES string of the molecule is O=C1CCCCCN1Cl.[MgH2]. The Hall–Kier alpha value is 0.526. The molecular weight excluding hydrogens is 162 g/mol. The molecule has 4 heteroatoms. The zero-order valence-corrected chi connectivity index (χ0v) is 6.02. The van der Waals surface area contributed by atoms with Crippen molar-refractivity contribution in [1.82, 2.24) is 4.42 Å². The van der Waals surface area contributed by atoms with Crippen LogP contribution in [0, 0.1) is 0 Å². The summed E-state index contributed by atoms with van der Waals surface area (Å²) in [5.41, 5.74) is 0. The Balaban J connectivity index is 0.000000810. The fourth-order valence-corrected chi connectivity index (χ4v) is 1.15. The lowest BCUT2D eigenvalue weighted by Crippen LogP contribution is -2.19. The molecule has 56 valence electrons. The van der Waals surface area contributed by atoms with Crippen LogP contribution in [0.3, 0.4) is 0 Å². The maximum atomic E-state index is 10.8. The van der Waals surface area contributed by atoms with Crippen LogP contribution in [0.5, 0.6) is 0 Å². The Bertz CT molecular complexity index is 120. The van der Waals surface area contributed by atoms with Crippen molar-refractivity contribution in [2.24, 2.45) is 0 Å². The summed E-state index contributed by atoms with van der Waals surface area (Å²) in [5.74, 6) is 0.0779. The number of hydrogen-bond donors (Lipinski definition) is 0. The summed E-state index contributed by atoms with van der Waals surface area (Å²) in [6, 6.07) is 0. The van der Waals surface area contributed by atoms with E-state index in [9.17, 15) is 4.79 Å². The minimum absolute atomic E-state index is 0. The molecule has 10 heavy (non-hydrogen) atoms. The fourth-order valence-electron chi connectivity index (χ4n) is 0.950. The summed E-state index contributed by atoms with van der Waals surface area (Å²) >= 11 is 5.56. The first kappa shape index (κ1) is 10.5. The van der Waals surface area contributed by atoms with Gasteiger partial charge >= 0.3 is 23.1 Å². The maximum Gasteiger partial charge on any atom is 0.316 e. The van der Waals surface area contributed by atoms with Crippen molar-refractivity contribution in [3.63, 3.8) is 0 Å². The third-order valence-corrected chi connectivity index (χ3v) is 1.87. The van der Waals surface area contributed by atoms with Gasteiger partial charge in [0.15, 0.2) is 0 Å². The predicted molar refractivity (Wildman–Crippen MR) is 44.6 cm³/mol. The average molecular weight is 174 g/mol. The molecule has 0 N–H and O–H groups in total. The van der Waals surface area contributed by atoms with Crippen molar-refractivity contribution in [3.8, 4) is 0 Å². The quantitative estimate of drug-likeness (QED) is 0.389. The van der Waals surface area contributed by atoms with Gasteiger partial charge in [-0.3, -0.25) is 9.21 Å². The zero-order valence-electron chi connectivity index (χ0n) is 5.27. The van der Waals surface area contributed by atoms with E-state index in [1.807, 2.05) is 0 Å². The fraction of sp³-hybridized carbons (Fsp3) is 0.833. The van der Waals surface area contributed by atoms with Gasteiger partial charge in [-0.1, -0.05) is 6.42 Å². The minimum atomic E-state index is 0. The first-order valence-corrected chi connectivity index (χ1v) is 3.60. The standard InChI is InChI=1S/C6H10ClNO.Mg.2H/c7-8-5-3-1-2-4-6(8)9;;;/h1-5H2;;;. The molecule has 1 amide bonds. The molecule has 2 nitrogen and oxygen atoms in total. The number of rotatable bonds is 0. The van der Waals surface area contributed by atoms with Gasteiger partial charge in [-0.25, -0.2) is 0 Å². The van der Waals surface area contributed by atoms with Gasteiger partial charge in [-0.05, 0) is 12.8 Å². The third-order valence-electron chi connectivity index (χ3n) is 1.52. The summed E-state index contributed by atoms with van der Waals surface area (Å²) in [4.78, 5) is 10.8. The Morgan fingerprint density at radius 1 is 1.30 bits per heavy atom. The van der Waals surface area contributed by atoms with Crippen LogP contribution >= 0.6 is 11.8 Å². The third kappa shape index (κ3) is 3.08. The first-order chi connectivity index (χ1) is 4.30. The van der Waals surface area contributed by atoms with Crippen molar-refractivity contribution < 1.29 is 4.79 Å². The maximum absolute atomic E-state index is 10.8. The van der Waals surface area contributed by atoms with Crippen LogP contribution in [0.1, 0.15) is 25.7 Å². The summed E-state index contributed by atoms with van der Waals surface area (Å²) < 4.78 is 1.30. The monoisotopic (exact) mass is 173 g/mol. The van der Waals surface area contributed by atoms with Crippen molar-refractivity contribution >= 4 is 40.7 Å². The molecule has 0 unspecified atom stereocenters. The molecule has 1 aliphatic heterocycles. The molecule has 1 fully saturated rings. The molecule has 0 aromatic carbocycles. The molecule has 0 aromatic rings. The van der Waals surface area contributed by atoms with E-state index in [0.29, 0.717) is 6.42 Å². The Morgan fingerprint density at radius 3 is 2.70 bits per heavy atom.